The molecule has 0 spiro atoms. The summed E-state index contributed by atoms with van der Waals surface area (Å²) in [5, 5.41) is 0.809. The zero-order valence-electron chi connectivity index (χ0n) is 10.8. The predicted molar refractivity (Wildman–Crippen MR) is 75.3 cm³/mol. The second-order valence-corrected chi connectivity index (χ2v) is 5.67. The van der Waals surface area contributed by atoms with Gasteiger partial charge in [0.2, 0.25) is 0 Å². The van der Waals surface area contributed by atoms with E-state index in [1.54, 1.807) is 0 Å². The Morgan fingerprint density at radius 3 is 2.47 bits per heavy atom. The van der Waals surface area contributed by atoms with Gasteiger partial charge < -0.3 is 4.90 Å². The Hall–Kier alpha value is -0.790. The van der Waals surface area contributed by atoms with E-state index in [2.05, 4.69) is 44.0 Å². The molecular formula is C15H20ClN. The number of rotatable bonds is 2. The molecular weight excluding hydrogens is 230 g/mol. The molecule has 0 bridgehead atoms. The molecule has 1 atom stereocenters. The van der Waals surface area contributed by atoms with Crippen molar-refractivity contribution in [2.24, 2.45) is 11.8 Å². The Morgan fingerprint density at radius 2 is 1.88 bits per heavy atom. The highest BCUT2D eigenvalue weighted by Gasteiger charge is 2.24. The normalized spacial score (nSPS) is 21.7. The first-order chi connectivity index (χ1) is 8.08. The highest BCUT2D eigenvalue weighted by molar-refractivity contribution is 6.30. The van der Waals surface area contributed by atoms with Crippen molar-refractivity contribution >= 4 is 17.2 Å². The number of benzene rings is 1. The molecule has 1 aromatic rings. The minimum Gasteiger partial charge on any atom is -0.302 e. The molecule has 0 aromatic heterocycles. The highest BCUT2D eigenvalue weighted by atomic mass is 35.5. The average Bonchev–Trinajstić information content (AvgIpc) is 2.30. The standard InChI is InChI=1S/C15H20ClN/c1-11(2)15-10-17(3)9-8-14(15)12-4-6-13(16)7-5-12/h4-8,11,15H,9-10H2,1-3H3/t15-/m0/s1. The maximum atomic E-state index is 5.94. The van der Waals surface area contributed by atoms with Gasteiger partial charge in [-0.15, -0.1) is 0 Å². The molecule has 0 unspecified atom stereocenters. The van der Waals surface area contributed by atoms with Gasteiger partial charge in [0.1, 0.15) is 0 Å². The van der Waals surface area contributed by atoms with Crippen LogP contribution in [0.5, 0.6) is 0 Å². The van der Waals surface area contributed by atoms with Crippen LogP contribution in [0.3, 0.4) is 0 Å². The molecule has 1 nitrogen and oxygen atoms in total. The second kappa shape index (κ2) is 5.24. The van der Waals surface area contributed by atoms with Crippen molar-refractivity contribution in [1.29, 1.82) is 0 Å². The molecule has 92 valence electrons. The summed E-state index contributed by atoms with van der Waals surface area (Å²) in [6, 6.07) is 8.23. The highest BCUT2D eigenvalue weighted by Crippen LogP contribution is 2.32. The van der Waals surface area contributed by atoms with Crippen LogP contribution in [0.25, 0.3) is 5.57 Å². The predicted octanol–water partition coefficient (Wildman–Crippen LogP) is 3.94. The zero-order chi connectivity index (χ0) is 12.4. The third-order valence-electron chi connectivity index (χ3n) is 3.51. The molecule has 1 heterocycles. The number of nitrogens with zero attached hydrogens (tertiary/aromatic N) is 1. The van der Waals surface area contributed by atoms with Gasteiger partial charge in [-0.2, -0.15) is 0 Å². The first-order valence-electron chi connectivity index (χ1n) is 6.22. The summed E-state index contributed by atoms with van der Waals surface area (Å²) in [7, 11) is 2.19. The van der Waals surface area contributed by atoms with Crippen LogP contribution >= 0.6 is 11.6 Å². The molecule has 0 radical (unpaired) electrons. The maximum Gasteiger partial charge on any atom is 0.0406 e. The minimum absolute atomic E-state index is 0.620. The maximum absolute atomic E-state index is 5.94. The van der Waals surface area contributed by atoms with Crippen LogP contribution in [0.1, 0.15) is 19.4 Å². The number of hydrogen-bond acceptors (Lipinski definition) is 1. The van der Waals surface area contributed by atoms with E-state index in [4.69, 9.17) is 11.6 Å². The topological polar surface area (TPSA) is 3.24 Å². The summed E-state index contributed by atoms with van der Waals surface area (Å²) in [6.45, 7) is 6.79. The number of hydrogen-bond donors (Lipinski definition) is 0. The molecule has 0 N–H and O–H groups in total. The van der Waals surface area contributed by atoms with Crippen LogP contribution in [0, 0.1) is 11.8 Å². The first-order valence-corrected chi connectivity index (χ1v) is 6.60. The Labute approximate surface area is 109 Å². The van der Waals surface area contributed by atoms with Crippen molar-refractivity contribution in [2.45, 2.75) is 13.8 Å². The Morgan fingerprint density at radius 1 is 1.24 bits per heavy atom. The molecule has 17 heavy (non-hydrogen) atoms. The first kappa shape index (κ1) is 12.7. The minimum atomic E-state index is 0.620. The Kier molecular flexibility index (Phi) is 3.90. The lowest BCUT2D eigenvalue weighted by Gasteiger charge is -2.33. The van der Waals surface area contributed by atoms with E-state index < -0.39 is 0 Å². The lowest BCUT2D eigenvalue weighted by atomic mass is 9.82. The van der Waals surface area contributed by atoms with Gasteiger partial charge in [0.15, 0.2) is 0 Å². The van der Waals surface area contributed by atoms with Crippen LogP contribution in [0.2, 0.25) is 5.02 Å². The summed E-state index contributed by atoms with van der Waals surface area (Å²) in [4.78, 5) is 2.38. The molecule has 1 aliphatic rings. The van der Waals surface area contributed by atoms with Crippen LogP contribution in [-0.2, 0) is 0 Å². The summed E-state index contributed by atoms with van der Waals surface area (Å²) < 4.78 is 0. The average molecular weight is 250 g/mol. The fourth-order valence-corrected chi connectivity index (χ4v) is 2.58. The SMILES string of the molecule is CC(C)[C@@H]1CN(C)CC=C1c1ccc(Cl)cc1. The van der Waals surface area contributed by atoms with E-state index in [-0.39, 0.29) is 0 Å². The van der Waals surface area contributed by atoms with Crippen molar-refractivity contribution < 1.29 is 0 Å². The van der Waals surface area contributed by atoms with Crippen LogP contribution < -0.4 is 0 Å². The molecule has 0 saturated heterocycles. The van der Waals surface area contributed by atoms with Crippen molar-refractivity contribution in [3.63, 3.8) is 0 Å². The molecule has 0 saturated carbocycles. The molecule has 2 heteroatoms. The third-order valence-corrected chi connectivity index (χ3v) is 3.76. The van der Waals surface area contributed by atoms with Crippen LogP contribution in [0.15, 0.2) is 30.3 Å². The zero-order valence-corrected chi connectivity index (χ0v) is 11.5. The molecule has 1 aliphatic heterocycles. The lowest BCUT2D eigenvalue weighted by Crippen LogP contribution is -2.33. The Balaban J connectivity index is 2.31. The van der Waals surface area contributed by atoms with Gasteiger partial charge >= 0.3 is 0 Å². The van der Waals surface area contributed by atoms with Gasteiger partial charge in [-0.3, -0.25) is 0 Å². The summed E-state index contributed by atoms with van der Waals surface area (Å²) in [6.07, 6.45) is 2.36. The number of likely N-dealkylation sites (N-methyl/N-ethyl adjacent to an activating group) is 1. The summed E-state index contributed by atoms with van der Waals surface area (Å²) >= 11 is 5.94. The van der Waals surface area contributed by atoms with Crippen molar-refractivity contribution in [3.8, 4) is 0 Å². The van der Waals surface area contributed by atoms with Crippen molar-refractivity contribution in [2.75, 3.05) is 20.1 Å². The molecule has 0 amide bonds. The molecule has 1 aromatic carbocycles. The van der Waals surface area contributed by atoms with Gasteiger partial charge in [0, 0.05) is 18.1 Å². The van der Waals surface area contributed by atoms with Gasteiger partial charge in [-0.05, 0) is 42.2 Å². The second-order valence-electron chi connectivity index (χ2n) is 5.24. The number of halogens is 1. The third kappa shape index (κ3) is 2.91. The summed E-state index contributed by atoms with van der Waals surface area (Å²) in [5.41, 5.74) is 2.80. The monoisotopic (exact) mass is 249 g/mol. The fraction of sp³-hybridized carbons (Fsp3) is 0.467. The van der Waals surface area contributed by atoms with E-state index >= 15 is 0 Å². The van der Waals surface area contributed by atoms with E-state index in [0.29, 0.717) is 11.8 Å². The van der Waals surface area contributed by atoms with Crippen LogP contribution in [-0.4, -0.2) is 25.0 Å². The van der Waals surface area contributed by atoms with Crippen LogP contribution in [0.4, 0.5) is 0 Å². The van der Waals surface area contributed by atoms with Crippen molar-refractivity contribution in [3.05, 3.63) is 40.9 Å². The quantitative estimate of drug-likeness (QED) is 0.768. The van der Waals surface area contributed by atoms with Gasteiger partial charge in [-0.1, -0.05) is 43.7 Å². The van der Waals surface area contributed by atoms with E-state index in [1.165, 1.54) is 11.1 Å². The molecule has 2 rings (SSSR count). The fourth-order valence-electron chi connectivity index (χ4n) is 2.46. The van der Waals surface area contributed by atoms with Gasteiger partial charge in [0.25, 0.3) is 0 Å². The smallest absolute Gasteiger partial charge is 0.0406 e. The van der Waals surface area contributed by atoms with E-state index in [1.807, 2.05) is 12.1 Å². The molecule has 0 aliphatic carbocycles. The summed E-state index contributed by atoms with van der Waals surface area (Å²) in [5.74, 6) is 1.29. The van der Waals surface area contributed by atoms with Gasteiger partial charge in [-0.25, -0.2) is 0 Å². The van der Waals surface area contributed by atoms with E-state index in [9.17, 15) is 0 Å². The van der Waals surface area contributed by atoms with Crippen molar-refractivity contribution in [1.82, 2.24) is 4.90 Å². The molecule has 0 fully saturated rings. The largest absolute Gasteiger partial charge is 0.302 e. The van der Waals surface area contributed by atoms with Gasteiger partial charge in [0.05, 0.1) is 0 Å². The Bertz CT molecular complexity index is 405. The van der Waals surface area contributed by atoms with E-state index in [0.717, 1.165) is 18.1 Å². The lowest BCUT2D eigenvalue weighted by molar-refractivity contribution is 0.282.